The van der Waals surface area contributed by atoms with Crippen molar-refractivity contribution in [1.29, 1.82) is 0 Å². The zero-order chi connectivity index (χ0) is 3.81. The van der Waals surface area contributed by atoms with Crippen LogP contribution in [0.15, 0.2) is 0 Å². The van der Waals surface area contributed by atoms with Crippen molar-refractivity contribution in [3.63, 3.8) is 0 Å². The summed E-state index contributed by atoms with van der Waals surface area (Å²) in [5, 5.41) is 0. The topological polar surface area (TPSA) is 13.0 Å². The lowest BCUT2D eigenvalue weighted by atomic mass is 13.2. The van der Waals surface area contributed by atoms with E-state index in [0.29, 0.717) is 0 Å². The Morgan fingerprint density at radius 3 is 0.750 bits per heavy atom. The largest absolute Gasteiger partial charge is 0.346 e. The highest BCUT2D eigenvalue weighted by Gasteiger charge is 3.52. The molecular formula is H3AlN4Si3. The van der Waals surface area contributed by atoms with Gasteiger partial charge in [0, 0.05) is 0 Å². The lowest BCUT2D eigenvalue weighted by molar-refractivity contribution is -0.180. The molecule has 13 aliphatic heterocycles. The van der Waals surface area contributed by atoms with Crippen LogP contribution in [-0.2, 0) is 0 Å². The molecule has 0 atom stereocenters. The molecule has 7 bridgehead atoms. The number of nitrogens with zero attached hydrogens (tertiary/aromatic N) is 4. The van der Waals surface area contributed by atoms with Gasteiger partial charge in [0.15, 0.2) is 17.4 Å². The second kappa shape index (κ2) is 0.411. The van der Waals surface area contributed by atoms with Crippen molar-refractivity contribution in [2.75, 3.05) is 0 Å². The lowest BCUT2D eigenvalue weighted by Crippen LogP contribution is -3.81. The minimum Gasteiger partial charge on any atom is -0.260 e. The fourth-order valence-corrected chi connectivity index (χ4v) is 46.9. The number of rotatable bonds is 0. The summed E-state index contributed by atoms with van der Waals surface area (Å²) in [7, 11) is -1.83. The van der Waals surface area contributed by atoms with E-state index in [1.54, 1.807) is 0 Å². The first kappa shape index (κ1) is 3.42. The highest BCUT2D eigenvalue weighted by Crippen LogP contribution is 3.12. The van der Waals surface area contributed by atoms with Gasteiger partial charge >= 0.3 is 26.2 Å². The van der Waals surface area contributed by atoms with E-state index in [0.717, 1.165) is 0 Å². The molecule has 0 aromatic carbocycles. The third kappa shape index (κ3) is 0.0478. The summed E-state index contributed by atoms with van der Waals surface area (Å²) < 4.78 is 11.9. The number of hydrogen-bond donors (Lipinski definition) is 0. The molecule has 0 unspecified atom stereocenters. The Labute approximate surface area is 59.4 Å². The van der Waals surface area contributed by atoms with Crippen LogP contribution >= 0.6 is 0 Å². The lowest BCUT2D eigenvalue weighted by Gasteiger charge is -3.43. The molecule has 0 amide bonds. The molecule has 13 saturated heterocycles. The van der Waals surface area contributed by atoms with Crippen molar-refractivity contribution < 1.29 is 0 Å². The molecule has 3 spiro atoms. The predicted octanol–water partition coefficient (Wildman–Crippen LogP) is -3.60. The highest BCUT2D eigenvalue weighted by molar-refractivity contribution is 7.78. The summed E-state index contributed by atoms with van der Waals surface area (Å²) in [6.45, 7) is 0. The van der Waals surface area contributed by atoms with Gasteiger partial charge in [-0.2, -0.15) is 0 Å². The van der Waals surface area contributed by atoms with Gasteiger partial charge in [-0.1, -0.05) is 0 Å². The Morgan fingerprint density at radius 1 is 0.625 bits per heavy atom. The molecule has 13 aliphatic rings. The molecular weight excluding hydrogens is 167 g/mol. The third-order valence-corrected chi connectivity index (χ3v) is 32.4. The standard InChI is InChI=1S/Al.N4Si3.3H/c;1-5-2-6(1)3(5)7(1,2)4(5)6;;;. The monoisotopic (exact) mass is 170 g/mol. The molecule has 0 radical (unpaired) electrons. The van der Waals surface area contributed by atoms with E-state index in [1.165, 1.54) is 0 Å². The first-order chi connectivity index (χ1) is 3.46. The second-order valence-corrected chi connectivity index (χ2v) is 17.5. The van der Waals surface area contributed by atoms with Gasteiger partial charge in [0.05, 0.1) is 0 Å². The SMILES string of the molecule is N12[Si]34N5[Si]16N3[Si]25N46.[AlH3]. The third-order valence-electron chi connectivity index (χ3n) is 3.60. The normalized spacial score (nSPS) is 126. The molecule has 13 fully saturated rings. The van der Waals surface area contributed by atoms with Gasteiger partial charge in [0.25, 0.3) is 0 Å². The van der Waals surface area contributed by atoms with Gasteiger partial charge in [-0.15, -0.1) is 0 Å². The first-order valence-electron chi connectivity index (χ1n) is 2.68. The fourth-order valence-electron chi connectivity index (χ4n) is 3.41. The Morgan fingerprint density at radius 2 is 0.750 bits per heavy atom. The molecule has 13 rings (SSSR count). The molecule has 0 aromatic rings. The van der Waals surface area contributed by atoms with E-state index in [-0.39, 0.29) is 17.4 Å². The van der Waals surface area contributed by atoms with Crippen LogP contribution in [0.25, 0.3) is 0 Å². The van der Waals surface area contributed by atoms with Crippen LogP contribution in [0.5, 0.6) is 0 Å². The zero-order valence-corrected chi connectivity index (χ0v) is 6.29. The quantitative estimate of drug-likeness (QED) is 0.348. The summed E-state index contributed by atoms with van der Waals surface area (Å²) in [5.41, 5.74) is 0. The van der Waals surface area contributed by atoms with Crippen molar-refractivity contribution in [2.45, 2.75) is 0 Å². The van der Waals surface area contributed by atoms with Gasteiger partial charge < -0.3 is 0 Å². The van der Waals surface area contributed by atoms with Crippen molar-refractivity contribution in [3.05, 3.63) is 0 Å². The molecule has 0 aliphatic carbocycles. The van der Waals surface area contributed by atoms with E-state index in [1.807, 2.05) is 0 Å². The Balaban J connectivity index is 0.000000240. The van der Waals surface area contributed by atoms with Crippen LogP contribution in [0.2, 0.25) is 0 Å². The predicted molar refractivity (Wildman–Crippen MR) is 34.6 cm³/mol. The van der Waals surface area contributed by atoms with Crippen LogP contribution in [0.4, 0.5) is 0 Å². The molecule has 0 aromatic heterocycles. The molecule has 38 valence electrons. The van der Waals surface area contributed by atoms with Crippen LogP contribution < -0.4 is 0 Å². The maximum absolute atomic E-state index is 2.98. The maximum atomic E-state index is 2.98. The Bertz CT molecular complexity index is 188. The molecule has 13 heterocycles. The van der Waals surface area contributed by atoms with Crippen LogP contribution in [0, 0.1) is 0 Å². The van der Waals surface area contributed by atoms with Gasteiger partial charge in [0.2, 0.25) is 0 Å². The van der Waals surface area contributed by atoms with Crippen LogP contribution in [0.3, 0.4) is 0 Å². The van der Waals surface area contributed by atoms with E-state index in [2.05, 4.69) is 15.6 Å². The smallest absolute Gasteiger partial charge is 0.260 e. The molecule has 0 saturated carbocycles. The van der Waals surface area contributed by atoms with E-state index in [9.17, 15) is 0 Å². The fraction of sp³-hybridized carbons (Fsp3) is 0. The van der Waals surface area contributed by atoms with Crippen molar-refractivity contribution in [2.24, 2.45) is 0 Å². The van der Waals surface area contributed by atoms with E-state index < -0.39 is 26.2 Å². The van der Waals surface area contributed by atoms with Crippen LogP contribution in [0.1, 0.15) is 0 Å². The van der Waals surface area contributed by atoms with Gasteiger partial charge in [-0.3, -0.25) is 15.6 Å². The molecule has 4 nitrogen and oxygen atoms in total. The first-order valence-corrected chi connectivity index (χ1v) is 8.05. The summed E-state index contributed by atoms with van der Waals surface area (Å²) in [5.74, 6) is 0. The average molecular weight is 170 g/mol. The number of hydrogen-bond acceptors (Lipinski definition) is 4. The zero-order valence-electron chi connectivity index (χ0n) is 3.29. The Hall–Kier alpha value is 1.02. The minimum absolute atomic E-state index is 0. The van der Waals surface area contributed by atoms with Crippen molar-refractivity contribution in [1.82, 2.24) is 15.6 Å². The second-order valence-electron chi connectivity index (χ2n) is 3.14. The van der Waals surface area contributed by atoms with E-state index in [4.69, 9.17) is 0 Å². The summed E-state index contributed by atoms with van der Waals surface area (Å²) in [4.78, 5) is 0. The Kier molecular flexibility index (Phi) is 0.176. The van der Waals surface area contributed by atoms with Crippen molar-refractivity contribution >= 4 is 43.5 Å². The summed E-state index contributed by atoms with van der Waals surface area (Å²) >= 11 is 0. The van der Waals surface area contributed by atoms with Crippen LogP contribution in [-0.4, -0.2) is 59.1 Å². The average Bonchev–Trinajstić information content (AvgIpc) is 0.391. The molecule has 0 N–H and O–H groups in total. The van der Waals surface area contributed by atoms with Gasteiger partial charge in [-0.25, -0.2) is 0 Å². The highest BCUT2D eigenvalue weighted by atomic mass is 28.9. The van der Waals surface area contributed by atoms with E-state index >= 15 is 0 Å². The molecule has 8 heavy (non-hydrogen) atoms. The maximum Gasteiger partial charge on any atom is 0.346 e. The summed E-state index contributed by atoms with van der Waals surface area (Å²) in [6, 6.07) is 0. The van der Waals surface area contributed by atoms with Crippen molar-refractivity contribution in [3.8, 4) is 0 Å². The molecule has 8 heteroatoms. The van der Waals surface area contributed by atoms with Gasteiger partial charge in [-0.05, 0) is 0 Å². The minimum atomic E-state index is -0.611. The summed E-state index contributed by atoms with van der Waals surface area (Å²) in [6.07, 6.45) is 0. The van der Waals surface area contributed by atoms with Gasteiger partial charge in [0.1, 0.15) is 0 Å².